The Labute approximate surface area is 308 Å². The highest BCUT2D eigenvalue weighted by Gasteiger charge is 2.39. The second-order valence-electron chi connectivity index (χ2n) is 14.0. The van der Waals surface area contributed by atoms with Crippen LogP contribution in [-0.4, -0.2) is 103 Å². The van der Waals surface area contributed by atoms with Gasteiger partial charge >= 0.3 is 18.2 Å². The van der Waals surface area contributed by atoms with Crippen molar-refractivity contribution in [2.75, 3.05) is 56.0 Å². The van der Waals surface area contributed by atoms with Crippen molar-refractivity contribution in [2.45, 2.75) is 70.6 Å². The predicted octanol–water partition coefficient (Wildman–Crippen LogP) is 6.08. The molecule has 2 N–H and O–H groups in total. The van der Waals surface area contributed by atoms with Crippen LogP contribution < -0.4 is 15.5 Å². The second-order valence-corrected chi connectivity index (χ2v) is 14.0. The lowest BCUT2D eigenvalue weighted by atomic mass is 9.96. The average Bonchev–Trinajstić information content (AvgIpc) is 3.34. The number of urea groups is 2. The van der Waals surface area contributed by atoms with E-state index in [9.17, 15) is 32.3 Å². The van der Waals surface area contributed by atoms with Crippen molar-refractivity contribution in [3.8, 4) is 0 Å². The summed E-state index contributed by atoms with van der Waals surface area (Å²) in [5, 5.41) is 6.10. The number of alkyl halides is 3. The summed E-state index contributed by atoms with van der Waals surface area (Å²) in [5.74, 6) is -2.08. The van der Waals surface area contributed by atoms with E-state index in [1.807, 2.05) is 40.1 Å². The number of amides is 5. The number of carbonyl (C=O) groups excluding carboxylic acids is 4. The van der Waals surface area contributed by atoms with Crippen LogP contribution in [0.15, 0.2) is 66.7 Å². The molecule has 10 nitrogen and oxygen atoms in total. The van der Waals surface area contributed by atoms with Gasteiger partial charge in [0.1, 0.15) is 6.04 Å². The lowest BCUT2D eigenvalue weighted by Gasteiger charge is -2.39. The molecule has 6 rings (SSSR count). The average molecular weight is 733 g/mol. The smallest absolute Gasteiger partial charge is 0.368 e. The number of carbonyl (C=O) groups is 4. The number of ketones is 1. The lowest BCUT2D eigenvalue weighted by molar-refractivity contribution is -0.133. The van der Waals surface area contributed by atoms with Gasteiger partial charge in [-0.25, -0.2) is 9.59 Å². The van der Waals surface area contributed by atoms with Gasteiger partial charge in [0.25, 0.3) is 5.78 Å². The molecule has 0 radical (unpaired) electrons. The maximum Gasteiger partial charge on any atom is 0.454 e. The number of fused-ring (bicyclic) bond motifs is 1. The highest BCUT2D eigenvalue weighted by Crippen LogP contribution is 2.26. The van der Waals surface area contributed by atoms with E-state index in [0.717, 1.165) is 36.1 Å². The standard InChI is InChI=1S/C40H47F3N6O4/c1-3-28-10-9-27(25-29(28)4-2)26-35(37(51)47-23-21-46(22-24-47)32-13-11-31(12-14-32)36(50)40(41,42)43)45-38(52)48-18-16-33(17-19-48)49-20-15-30-7-5-6-8-34(30)44-39(49)53/h5-14,25,33,35H,3-4,15-24,26H2,1-2H3,(H,44,53)(H,45,52)/t35-/m1/s1. The monoisotopic (exact) mass is 732 g/mol. The fraction of sp³-hybridized carbons (Fsp3) is 0.450. The van der Waals surface area contributed by atoms with Crippen LogP contribution >= 0.6 is 0 Å². The first-order valence-corrected chi connectivity index (χ1v) is 18.5. The Hall–Kier alpha value is -5.07. The molecule has 3 aromatic rings. The normalized spacial score (nSPS) is 17.5. The second kappa shape index (κ2) is 16.3. The first-order chi connectivity index (χ1) is 25.4. The Kier molecular flexibility index (Phi) is 11.6. The van der Waals surface area contributed by atoms with E-state index in [0.29, 0.717) is 70.8 Å². The molecular formula is C40H47F3N6O4. The first-order valence-electron chi connectivity index (χ1n) is 18.5. The molecule has 0 saturated carbocycles. The Balaban J connectivity index is 1.10. The van der Waals surface area contributed by atoms with E-state index >= 15 is 0 Å². The summed E-state index contributed by atoms with van der Waals surface area (Å²) in [6.07, 6.45) is -0.863. The van der Waals surface area contributed by atoms with Gasteiger partial charge < -0.3 is 30.2 Å². The van der Waals surface area contributed by atoms with Crippen LogP contribution in [0, 0.1) is 0 Å². The van der Waals surface area contributed by atoms with Crippen molar-refractivity contribution in [3.05, 3.63) is 94.5 Å². The van der Waals surface area contributed by atoms with Gasteiger partial charge in [-0.05, 0) is 84.7 Å². The van der Waals surface area contributed by atoms with Gasteiger partial charge in [0.2, 0.25) is 5.91 Å². The van der Waals surface area contributed by atoms with Crippen molar-refractivity contribution in [1.29, 1.82) is 0 Å². The maximum absolute atomic E-state index is 14.2. The summed E-state index contributed by atoms with van der Waals surface area (Å²) < 4.78 is 38.6. The number of benzene rings is 3. The fourth-order valence-corrected chi connectivity index (χ4v) is 7.67. The Bertz CT molecular complexity index is 1800. The maximum atomic E-state index is 14.2. The summed E-state index contributed by atoms with van der Waals surface area (Å²) in [6, 6.07) is 18.1. The molecule has 2 saturated heterocycles. The quantitative estimate of drug-likeness (QED) is 0.260. The number of aryl methyl sites for hydroxylation is 2. The van der Waals surface area contributed by atoms with Crippen LogP contribution in [0.1, 0.15) is 59.3 Å². The Morgan fingerprint density at radius 1 is 0.830 bits per heavy atom. The highest BCUT2D eigenvalue weighted by atomic mass is 19.4. The number of piperidine rings is 1. The number of likely N-dealkylation sites (tertiary alicyclic amines) is 1. The Morgan fingerprint density at radius 3 is 2.17 bits per heavy atom. The van der Waals surface area contributed by atoms with Crippen molar-refractivity contribution in [1.82, 2.24) is 20.0 Å². The number of halogens is 3. The largest absolute Gasteiger partial charge is 0.454 e. The lowest BCUT2D eigenvalue weighted by Crippen LogP contribution is -2.58. The number of para-hydroxylation sites is 1. The minimum atomic E-state index is -4.94. The van der Waals surface area contributed by atoms with Crippen LogP contribution in [0.3, 0.4) is 0 Å². The molecule has 3 heterocycles. The molecule has 0 spiro atoms. The van der Waals surface area contributed by atoms with E-state index in [4.69, 9.17) is 0 Å². The van der Waals surface area contributed by atoms with Gasteiger partial charge in [0.05, 0.1) is 0 Å². The highest BCUT2D eigenvalue weighted by molar-refractivity contribution is 6.00. The van der Waals surface area contributed by atoms with Crippen molar-refractivity contribution >= 4 is 35.1 Å². The molecule has 0 bridgehead atoms. The molecule has 0 aliphatic carbocycles. The third-order valence-electron chi connectivity index (χ3n) is 10.7. The topological polar surface area (TPSA) is 105 Å². The van der Waals surface area contributed by atoms with E-state index in [1.54, 1.807) is 9.80 Å². The molecule has 0 unspecified atom stereocenters. The molecule has 2 fully saturated rings. The van der Waals surface area contributed by atoms with Crippen LogP contribution in [0.5, 0.6) is 0 Å². The predicted molar refractivity (Wildman–Crippen MR) is 197 cm³/mol. The van der Waals surface area contributed by atoms with E-state index in [-0.39, 0.29) is 24.0 Å². The van der Waals surface area contributed by atoms with Gasteiger partial charge in [0.15, 0.2) is 0 Å². The van der Waals surface area contributed by atoms with Crippen LogP contribution in [0.25, 0.3) is 0 Å². The first kappa shape index (κ1) is 37.7. The molecule has 0 aromatic heterocycles. The molecule has 13 heteroatoms. The van der Waals surface area contributed by atoms with Gasteiger partial charge in [-0.1, -0.05) is 50.2 Å². The van der Waals surface area contributed by atoms with Crippen LogP contribution in [-0.2, 0) is 30.5 Å². The minimum absolute atomic E-state index is 0.00652. The minimum Gasteiger partial charge on any atom is -0.368 e. The van der Waals surface area contributed by atoms with Crippen LogP contribution in [0.4, 0.5) is 34.1 Å². The van der Waals surface area contributed by atoms with E-state index in [1.165, 1.54) is 35.4 Å². The molecule has 1 atom stereocenters. The third kappa shape index (κ3) is 8.77. The number of Topliss-reactive ketones (excluding diaryl/α,β-unsaturated/α-hetero) is 1. The molecular weight excluding hydrogens is 685 g/mol. The van der Waals surface area contributed by atoms with Crippen molar-refractivity contribution < 1.29 is 32.3 Å². The summed E-state index contributed by atoms with van der Waals surface area (Å²) in [6.45, 7) is 7.30. The number of rotatable bonds is 9. The zero-order valence-corrected chi connectivity index (χ0v) is 30.3. The zero-order valence-electron chi connectivity index (χ0n) is 30.3. The number of nitrogens with zero attached hydrogens (tertiary/aromatic N) is 4. The summed E-state index contributed by atoms with van der Waals surface area (Å²) >= 11 is 0. The number of anilines is 2. The molecule has 53 heavy (non-hydrogen) atoms. The van der Waals surface area contributed by atoms with Crippen LogP contribution in [0.2, 0.25) is 0 Å². The zero-order chi connectivity index (χ0) is 37.7. The van der Waals surface area contributed by atoms with Gasteiger partial charge in [-0.2, -0.15) is 13.2 Å². The van der Waals surface area contributed by atoms with E-state index < -0.39 is 23.6 Å². The van der Waals surface area contributed by atoms with Crippen molar-refractivity contribution in [2.24, 2.45) is 0 Å². The summed E-state index contributed by atoms with van der Waals surface area (Å²) in [7, 11) is 0. The van der Waals surface area contributed by atoms with Gasteiger partial charge in [-0.3, -0.25) is 9.59 Å². The number of nitrogens with one attached hydrogen (secondary N) is 2. The number of hydrogen-bond acceptors (Lipinski definition) is 5. The van der Waals surface area contributed by atoms with Gasteiger partial charge in [0, 0.05) is 75.2 Å². The summed E-state index contributed by atoms with van der Waals surface area (Å²) in [5.41, 5.74) is 5.59. The summed E-state index contributed by atoms with van der Waals surface area (Å²) in [4.78, 5) is 60.0. The molecule has 3 aliphatic rings. The SMILES string of the molecule is CCc1ccc(C[C@@H](NC(=O)N2CCC(N3CCc4ccccc4NC3=O)CC2)C(=O)N2CCN(c3ccc(C(=O)C(F)(F)F)cc3)CC2)cc1CC. The molecule has 3 aliphatic heterocycles. The number of hydrogen-bond donors (Lipinski definition) is 2. The fourth-order valence-electron chi connectivity index (χ4n) is 7.67. The van der Waals surface area contributed by atoms with Crippen molar-refractivity contribution in [3.63, 3.8) is 0 Å². The Morgan fingerprint density at radius 2 is 1.51 bits per heavy atom. The third-order valence-corrected chi connectivity index (χ3v) is 10.7. The molecule has 5 amide bonds. The van der Waals surface area contributed by atoms with E-state index in [2.05, 4.69) is 36.6 Å². The molecule has 282 valence electrons. The number of piperazine rings is 1. The molecule has 3 aromatic carbocycles. The van der Waals surface area contributed by atoms with Gasteiger partial charge in [-0.15, -0.1) is 0 Å².